The Hall–Kier alpha value is -2.56. The minimum absolute atomic E-state index is 0. The molecule has 1 heterocycles. The molecule has 0 aromatic rings. The van der Waals surface area contributed by atoms with E-state index in [9.17, 15) is 19.2 Å². The molecule has 194 valence electrons. The molecule has 0 aromatic carbocycles. The van der Waals surface area contributed by atoms with Gasteiger partial charge in [0, 0.05) is 19.6 Å². The molecule has 0 radical (unpaired) electrons. The summed E-state index contributed by atoms with van der Waals surface area (Å²) < 4.78 is 14.9. The Morgan fingerprint density at radius 2 is 1.67 bits per heavy atom. The third-order valence-corrected chi connectivity index (χ3v) is 3.74. The molecule has 3 amide bonds. The van der Waals surface area contributed by atoms with Crippen molar-refractivity contribution >= 4 is 24.1 Å². The number of methoxy groups -OCH3 is 1. The van der Waals surface area contributed by atoms with E-state index in [1.807, 2.05) is 20.8 Å². The summed E-state index contributed by atoms with van der Waals surface area (Å²) in [5, 5.41) is 2.70. The fraction of sp³-hybridized carbons (Fsp3) is 0.818. The normalized spacial score (nSPS) is 13.8. The molecule has 0 aromatic heterocycles. The van der Waals surface area contributed by atoms with Crippen LogP contribution >= 0.6 is 0 Å². The van der Waals surface area contributed by atoms with Gasteiger partial charge in [-0.2, -0.15) is 0 Å². The van der Waals surface area contributed by atoms with Crippen molar-refractivity contribution in [2.45, 2.75) is 73.0 Å². The summed E-state index contributed by atoms with van der Waals surface area (Å²) in [4.78, 5) is 48.5. The summed E-state index contributed by atoms with van der Waals surface area (Å²) in [6.07, 6.45) is 0.428. The summed E-state index contributed by atoms with van der Waals surface area (Å²) in [5.74, 6) is -0.605. The van der Waals surface area contributed by atoms with Crippen LogP contribution < -0.4 is 11.1 Å². The smallest absolute Gasteiger partial charge is 0.410 e. The Labute approximate surface area is 198 Å². The third kappa shape index (κ3) is 16.7. The van der Waals surface area contributed by atoms with E-state index in [0.29, 0.717) is 32.6 Å². The van der Waals surface area contributed by atoms with E-state index in [1.165, 1.54) is 16.9 Å². The number of amides is 3. The highest BCUT2D eigenvalue weighted by Crippen LogP contribution is 2.11. The van der Waals surface area contributed by atoms with E-state index in [4.69, 9.17) is 15.2 Å². The molecule has 3 N–H and O–H groups in total. The largest absolute Gasteiger partial charge is 0.468 e. The summed E-state index contributed by atoms with van der Waals surface area (Å²) in [6, 6.07) is 0. The average Bonchev–Trinajstić information content (AvgIpc) is 2.87. The Morgan fingerprint density at radius 3 is 2.15 bits per heavy atom. The number of hydrogen-bond acceptors (Lipinski definition) is 8. The third-order valence-electron chi connectivity index (χ3n) is 3.74. The fourth-order valence-electron chi connectivity index (χ4n) is 2.35. The summed E-state index contributed by atoms with van der Waals surface area (Å²) in [7, 11) is 1.28. The van der Waals surface area contributed by atoms with Gasteiger partial charge in [-0.1, -0.05) is 7.43 Å². The topological polar surface area (TPSA) is 140 Å². The van der Waals surface area contributed by atoms with E-state index in [-0.39, 0.29) is 26.4 Å². The maximum Gasteiger partial charge on any atom is 0.410 e. The van der Waals surface area contributed by atoms with Crippen LogP contribution in [0.3, 0.4) is 0 Å². The van der Waals surface area contributed by atoms with Gasteiger partial charge in [-0.15, -0.1) is 0 Å². The first-order chi connectivity index (χ1) is 14.7. The Kier molecular flexibility index (Phi) is 15.1. The second kappa shape index (κ2) is 15.3. The zero-order chi connectivity index (χ0) is 24.9. The minimum atomic E-state index is -0.589. The van der Waals surface area contributed by atoms with Gasteiger partial charge in [0.1, 0.15) is 24.3 Å². The van der Waals surface area contributed by atoms with Crippen LogP contribution in [0.15, 0.2) is 0 Å². The first kappa shape index (κ1) is 32.6. The number of esters is 1. The summed E-state index contributed by atoms with van der Waals surface area (Å²) >= 11 is 0. The zero-order valence-corrected chi connectivity index (χ0v) is 20.5. The van der Waals surface area contributed by atoms with Crippen LogP contribution in [0.1, 0.15) is 61.8 Å². The molecular formula is C22H44N4O7. The van der Waals surface area contributed by atoms with E-state index in [1.54, 1.807) is 20.8 Å². The predicted octanol–water partition coefficient (Wildman–Crippen LogP) is 2.12. The van der Waals surface area contributed by atoms with E-state index in [0.717, 1.165) is 6.42 Å². The van der Waals surface area contributed by atoms with Crippen molar-refractivity contribution in [2.75, 3.05) is 46.4 Å². The van der Waals surface area contributed by atoms with E-state index >= 15 is 0 Å². The molecule has 11 heteroatoms. The van der Waals surface area contributed by atoms with Crippen molar-refractivity contribution in [3.8, 4) is 0 Å². The van der Waals surface area contributed by atoms with E-state index < -0.39 is 29.4 Å². The quantitative estimate of drug-likeness (QED) is 0.454. The SMILES string of the molecule is C.CC(C)(C)OC(=O)N1CCCNC(=O)C1.COC(=O)CN(CCCN)C(=O)OC(C)(C)C. The predicted molar refractivity (Wildman–Crippen MR) is 126 cm³/mol. The maximum atomic E-state index is 11.8. The number of carbonyl (C=O) groups excluding carboxylic acids is 4. The van der Waals surface area contributed by atoms with E-state index in [2.05, 4.69) is 10.1 Å². The van der Waals surface area contributed by atoms with Crippen molar-refractivity contribution in [1.82, 2.24) is 15.1 Å². The summed E-state index contributed by atoms with van der Waals surface area (Å²) in [6.45, 7) is 12.7. The standard InChI is InChI=1S/C11H22N2O4.C10H18N2O3.CH4/c1-11(2,3)17-10(15)13(7-5-6-12)8-9(14)16-4;1-10(2,3)15-9(14)12-6-4-5-11-8(13)7-12;/h5-8,12H2,1-4H3;4-7H2,1-3H3,(H,11,13);1H4. The second-order valence-electron chi connectivity index (χ2n) is 9.23. The molecule has 33 heavy (non-hydrogen) atoms. The molecule has 0 atom stereocenters. The highest BCUT2D eigenvalue weighted by Gasteiger charge is 2.25. The molecule has 1 fully saturated rings. The number of rotatable bonds is 5. The van der Waals surface area contributed by atoms with Gasteiger partial charge >= 0.3 is 18.2 Å². The summed E-state index contributed by atoms with van der Waals surface area (Å²) in [5.41, 5.74) is 4.27. The molecule has 1 saturated heterocycles. The van der Waals surface area contributed by atoms with Crippen LogP contribution in [0.5, 0.6) is 0 Å². The van der Waals surface area contributed by atoms with Gasteiger partial charge < -0.3 is 25.3 Å². The number of carbonyl (C=O) groups is 4. The van der Waals surface area contributed by atoms with Crippen molar-refractivity contribution < 1.29 is 33.4 Å². The van der Waals surface area contributed by atoms with Gasteiger partial charge in [0.15, 0.2) is 0 Å². The highest BCUT2D eigenvalue weighted by atomic mass is 16.6. The lowest BCUT2D eigenvalue weighted by Gasteiger charge is -2.26. The van der Waals surface area contributed by atoms with Crippen LogP contribution in [0.4, 0.5) is 9.59 Å². The molecular weight excluding hydrogens is 432 g/mol. The highest BCUT2D eigenvalue weighted by molar-refractivity contribution is 5.82. The minimum Gasteiger partial charge on any atom is -0.468 e. The van der Waals surface area contributed by atoms with Gasteiger partial charge in [-0.25, -0.2) is 9.59 Å². The molecule has 0 unspecified atom stereocenters. The molecule has 0 bridgehead atoms. The first-order valence-corrected chi connectivity index (χ1v) is 10.7. The number of ether oxygens (including phenoxy) is 3. The lowest BCUT2D eigenvalue weighted by atomic mass is 10.2. The van der Waals surface area contributed by atoms with Crippen LogP contribution in [0.25, 0.3) is 0 Å². The van der Waals surface area contributed by atoms with Crippen LogP contribution in [-0.4, -0.2) is 91.4 Å². The van der Waals surface area contributed by atoms with Crippen molar-refractivity contribution in [3.63, 3.8) is 0 Å². The van der Waals surface area contributed by atoms with Gasteiger partial charge in [0.2, 0.25) is 5.91 Å². The maximum absolute atomic E-state index is 11.8. The molecule has 0 aliphatic carbocycles. The second-order valence-corrected chi connectivity index (χ2v) is 9.23. The fourth-order valence-corrected chi connectivity index (χ4v) is 2.35. The molecule has 0 spiro atoms. The molecule has 1 rings (SSSR count). The monoisotopic (exact) mass is 476 g/mol. The van der Waals surface area contributed by atoms with Crippen molar-refractivity contribution in [2.24, 2.45) is 5.73 Å². The number of nitrogens with zero attached hydrogens (tertiary/aromatic N) is 2. The average molecular weight is 477 g/mol. The molecule has 1 aliphatic heterocycles. The van der Waals surface area contributed by atoms with Gasteiger partial charge in [-0.05, 0) is 60.9 Å². The lowest BCUT2D eigenvalue weighted by molar-refractivity contribution is -0.141. The van der Waals surface area contributed by atoms with Crippen LogP contribution in [0.2, 0.25) is 0 Å². The first-order valence-electron chi connectivity index (χ1n) is 10.7. The van der Waals surface area contributed by atoms with Crippen LogP contribution in [-0.2, 0) is 23.8 Å². The molecule has 11 nitrogen and oxygen atoms in total. The van der Waals surface area contributed by atoms with Gasteiger partial charge in [0.05, 0.1) is 7.11 Å². The lowest BCUT2D eigenvalue weighted by Crippen LogP contribution is -2.41. The number of nitrogens with two attached hydrogens (primary N) is 1. The molecule has 1 aliphatic rings. The zero-order valence-electron chi connectivity index (χ0n) is 20.5. The Bertz CT molecular complexity index is 627. The van der Waals surface area contributed by atoms with Gasteiger partial charge in [0.25, 0.3) is 0 Å². The Balaban J connectivity index is 0. The number of hydrogen-bond donors (Lipinski definition) is 2. The molecule has 0 saturated carbocycles. The number of nitrogens with one attached hydrogen (secondary N) is 1. The van der Waals surface area contributed by atoms with Crippen LogP contribution in [0, 0.1) is 0 Å². The van der Waals surface area contributed by atoms with Crippen molar-refractivity contribution in [1.29, 1.82) is 0 Å². The van der Waals surface area contributed by atoms with Crippen molar-refractivity contribution in [3.05, 3.63) is 0 Å². The van der Waals surface area contributed by atoms with Gasteiger partial charge in [-0.3, -0.25) is 19.4 Å². The Morgan fingerprint density at radius 1 is 1.09 bits per heavy atom.